The maximum atomic E-state index is 12.2. The zero-order valence-corrected chi connectivity index (χ0v) is 11.3. The van der Waals surface area contributed by atoms with Gasteiger partial charge >= 0.3 is 13.7 Å². The maximum absolute atomic E-state index is 12.2. The van der Waals surface area contributed by atoms with Crippen LogP contribution in [0.15, 0.2) is 30.3 Å². The van der Waals surface area contributed by atoms with Crippen LogP contribution in [0, 0.1) is 0 Å². The van der Waals surface area contributed by atoms with Crippen LogP contribution in [0.25, 0.3) is 0 Å². The summed E-state index contributed by atoms with van der Waals surface area (Å²) in [5.41, 5.74) is 0. The highest BCUT2D eigenvalue weighted by Crippen LogP contribution is 2.43. The van der Waals surface area contributed by atoms with E-state index in [0.717, 1.165) is 0 Å². The molecule has 6 nitrogen and oxygen atoms in total. The minimum atomic E-state index is -3.60. The summed E-state index contributed by atoms with van der Waals surface area (Å²) in [6, 6.07) is 7.74. The van der Waals surface area contributed by atoms with Gasteiger partial charge in [-0.25, -0.2) is 4.57 Å². The maximum Gasteiger partial charge on any atom is 0.459 e. The van der Waals surface area contributed by atoms with E-state index >= 15 is 0 Å². The van der Waals surface area contributed by atoms with E-state index in [4.69, 9.17) is 9.05 Å². The number of ether oxygens (including phenoxy) is 1. The summed E-state index contributed by atoms with van der Waals surface area (Å²) in [6.07, 6.45) is 0. The number of para-hydroxylation sites is 1. The van der Waals surface area contributed by atoms with Crippen LogP contribution in [0.1, 0.15) is 6.92 Å². The van der Waals surface area contributed by atoms with Crippen LogP contribution in [-0.4, -0.2) is 26.2 Å². The minimum Gasteiger partial charge on any atom is -0.468 e. The summed E-state index contributed by atoms with van der Waals surface area (Å²) in [7, 11) is -1.11. The number of hydrogen-bond donors (Lipinski definition) is 1. The Morgan fingerprint density at radius 2 is 1.89 bits per heavy atom. The quantitative estimate of drug-likeness (QED) is 0.631. The molecule has 0 amide bonds. The Morgan fingerprint density at radius 1 is 1.28 bits per heavy atom. The number of carbonyl (C=O) groups is 1. The molecule has 1 aromatic rings. The summed E-state index contributed by atoms with van der Waals surface area (Å²) in [6.45, 7) is 1.51. The van der Waals surface area contributed by atoms with Crippen molar-refractivity contribution in [2.45, 2.75) is 13.0 Å². The fourth-order valence-electron chi connectivity index (χ4n) is 1.20. The third-order valence-electron chi connectivity index (χ3n) is 2.12. The first-order valence-corrected chi connectivity index (χ1v) is 6.81. The van der Waals surface area contributed by atoms with Crippen molar-refractivity contribution in [1.29, 1.82) is 0 Å². The Labute approximate surface area is 106 Å². The fourth-order valence-corrected chi connectivity index (χ4v) is 2.41. The zero-order valence-electron chi connectivity index (χ0n) is 10.5. The molecule has 0 fully saturated rings. The molecule has 0 radical (unpaired) electrons. The molecule has 0 aliphatic rings. The van der Waals surface area contributed by atoms with Gasteiger partial charge in [0.15, 0.2) is 0 Å². The number of esters is 1. The number of rotatable bonds is 6. The highest BCUT2D eigenvalue weighted by atomic mass is 31.2. The highest BCUT2D eigenvalue weighted by Gasteiger charge is 2.30. The average Bonchev–Trinajstić information content (AvgIpc) is 2.38. The predicted molar refractivity (Wildman–Crippen MR) is 66.3 cm³/mol. The van der Waals surface area contributed by atoms with Crippen molar-refractivity contribution in [2.24, 2.45) is 0 Å². The summed E-state index contributed by atoms with van der Waals surface area (Å²) in [5, 5.41) is 2.48. The van der Waals surface area contributed by atoms with E-state index in [1.54, 1.807) is 30.3 Å². The Kier molecular flexibility index (Phi) is 5.34. The number of hydrogen-bond acceptors (Lipinski definition) is 5. The van der Waals surface area contributed by atoms with Gasteiger partial charge in [0.1, 0.15) is 11.8 Å². The van der Waals surface area contributed by atoms with Crippen LogP contribution in [0.5, 0.6) is 5.75 Å². The Balaban J connectivity index is 2.74. The molecule has 100 valence electrons. The molecule has 0 saturated heterocycles. The van der Waals surface area contributed by atoms with Gasteiger partial charge in [-0.15, -0.1) is 0 Å². The summed E-state index contributed by atoms with van der Waals surface area (Å²) in [5.74, 6) is -0.170. The molecule has 1 aromatic carbocycles. The lowest BCUT2D eigenvalue weighted by molar-refractivity contribution is -0.142. The van der Waals surface area contributed by atoms with Crippen LogP contribution < -0.4 is 9.61 Å². The van der Waals surface area contributed by atoms with Gasteiger partial charge in [0.2, 0.25) is 0 Å². The lowest BCUT2D eigenvalue weighted by Crippen LogP contribution is -2.34. The number of nitrogens with one attached hydrogen (secondary N) is 1. The monoisotopic (exact) mass is 273 g/mol. The minimum absolute atomic E-state index is 0.382. The highest BCUT2D eigenvalue weighted by molar-refractivity contribution is 7.52. The molecular weight excluding hydrogens is 257 g/mol. The largest absolute Gasteiger partial charge is 0.468 e. The topological polar surface area (TPSA) is 73.9 Å². The first kappa shape index (κ1) is 14.7. The van der Waals surface area contributed by atoms with Crippen molar-refractivity contribution in [2.75, 3.05) is 14.2 Å². The third-order valence-corrected chi connectivity index (χ3v) is 3.75. The van der Waals surface area contributed by atoms with E-state index in [0.29, 0.717) is 5.75 Å². The van der Waals surface area contributed by atoms with Crippen molar-refractivity contribution >= 4 is 13.7 Å². The van der Waals surface area contributed by atoms with Crippen LogP contribution >= 0.6 is 7.75 Å². The normalized spacial score (nSPS) is 15.5. The third kappa shape index (κ3) is 4.14. The van der Waals surface area contributed by atoms with E-state index in [2.05, 4.69) is 9.82 Å². The summed E-state index contributed by atoms with van der Waals surface area (Å²) in [4.78, 5) is 11.2. The average molecular weight is 273 g/mol. The van der Waals surface area contributed by atoms with Crippen LogP contribution in [0.3, 0.4) is 0 Å². The van der Waals surface area contributed by atoms with E-state index in [9.17, 15) is 9.36 Å². The van der Waals surface area contributed by atoms with Gasteiger partial charge in [0, 0.05) is 7.11 Å². The number of methoxy groups -OCH3 is 1. The molecule has 1 rings (SSSR count). The van der Waals surface area contributed by atoms with Crippen LogP contribution in [0.2, 0.25) is 0 Å². The molecule has 1 unspecified atom stereocenters. The second kappa shape index (κ2) is 6.54. The standard InChI is InChI=1S/C11H16NO5P/c1-9(11(13)15-2)12-18(14,16-3)17-10-7-5-4-6-8-10/h4-9H,1-3H3,(H,12,14)/t9-,18?/m0/s1. The van der Waals surface area contributed by atoms with Gasteiger partial charge in [-0.05, 0) is 19.1 Å². The van der Waals surface area contributed by atoms with Crippen LogP contribution in [-0.2, 0) is 18.6 Å². The summed E-state index contributed by atoms with van der Waals surface area (Å²) >= 11 is 0. The molecular formula is C11H16NO5P. The van der Waals surface area contributed by atoms with Gasteiger partial charge in [0.05, 0.1) is 7.11 Å². The number of benzene rings is 1. The second-order valence-corrected chi connectivity index (χ2v) is 5.26. The van der Waals surface area contributed by atoms with E-state index in [1.807, 2.05) is 0 Å². The molecule has 18 heavy (non-hydrogen) atoms. The van der Waals surface area contributed by atoms with Gasteiger partial charge in [-0.3, -0.25) is 9.32 Å². The van der Waals surface area contributed by atoms with Gasteiger partial charge in [-0.1, -0.05) is 18.2 Å². The fraction of sp³-hybridized carbons (Fsp3) is 0.364. The first-order chi connectivity index (χ1) is 8.50. The first-order valence-electron chi connectivity index (χ1n) is 5.27. The number of carbonyl (C=O) groups excluding carboxylic acids is 1. The predicted octanol–water partition coefficient (Wildman–Crippen LogP) is 1.97. The van der Waals surface area contributed by atoms with E-state index in [-0.39, 0.29) is 0 Å². The van der Waals surface area contributed by atoms with Crippen molar-refractivity contribution in [3.05, 3.63) is 30.3 Å². The van der Waals surface area contributed by atoms with Crippen molar-refractivity contribution < 1.29 is 23.1 Å². The second-order valence-electron chi connectivity index (χ2n) is 3.46. The van der Waals surface area contributed by atoms with Crippen molar-refractivity contribution in [3.8, 4) is 5.75 Å². The van der Waals surface area contributed by atoms with E-state index < -0.39 is 19.8 Å². The molecule has 1 N–H and O–H groups in total. The van der Waals surface area contributed by atoms with Gasteiger partial charge in [-0.2, -0.15) is 5.09 Å². The molecule has 2 atom stereocenters. The molecule has 0 aromatic heterocycles. The Hall–Kier alpha value is -1.36. The van der Waals surface area contributed by atoms with Gasteiger partial charge in [0.25, 0.3) is 0 Å². The Bertz CT molecular complexity index is 436. The lowest BCUT2D eigenvalue weighted by Gasteiger charge is -2.20. The SMILES string of the molecule is COC(=O)[C@H](C)NP(=O)(OC)Oc1ccccc1. The molecule has 7 heteroatoms. The summed E-state index contributed by atoms with van der Waals surface area (Å²) < 4.78 is 26.8. The van der Waals surface area contributed by atoms with Gasteiger partial charge < -0.3 is 9.26 Å². The molecule has 0 heterocycles. The molecule has 0 spiro atoms. The smallest absolute Gasteiger partial charge is 0.459 e. The van der Waals surface area contributed by atoms with Crippen molar-refractivity contribution in [1.82, 2.24) is 5.09 Å². The van der Waals surface area contributed by atoms with Crippen LogP contribution in [0.4, 0.5) is 0 Å². The zero-order chi connectivity index (χ0) is 13.6. The molecule has 0 saturated carbocycles. The lowest BCUT2D eigenvalue weighted by atomic mass is 10.3. The molecule has 0 aliphatic heterocycles. The Morgan fingerprint density at radius 3 is 2.39 bits per heavy atom. The molecule has 0 aliphatic carbocycles. The van der Waals surface area contributed by atoms with E-state index in [1.165, 1.54) is 21.1 Å². The molecule has 0 bridgehead atoms. The van der Waals surface area contributed by atoms with Crippen molar-refractivity contribution in [3.63, 3.8) is 0 Å².